The van der Waals surface area contributed by atoms with E-state index in [0.717, 1.165) is 12.1 Å². The lowest BCUT2D eigenvalue weighted by Gasteiger charge is -2.18. The summed E-state index contributed by atoms with van der Waals surface area (Å²) in [5.74, 6) is -1.70. The molecule has 1 heterocycles. The molecule has 5 nitrogen and oxygen atoms in total. The van der Waals surface area contributed by atoms with E-state index in [-0.39, 0.29) is 17.8 Å². The summed E-state index contributed by atoms with van der Waals surface area (Å²) in [6, 6.07) is 6.68. The molecule has 10 heteroatoms. The molecule has 2 aromatic carbocycles. The van der Waals surface area contributed by atoms with Gasteiger partial charge in [-0.1, -0.05) is 0 Å². The molecule has 0 bridgehead atoms. The van der Waals surface area contributed by atoms with E-state index in [0.29, 0.717) is 20.3 Å². The van der Waals surface area contributed by atoms with E-state index in [9.17, 15) is 22.8 Å². The molecule has 1 aliphatic heterocycles. The van der Waals surface area contributed by atoms with Crippen molar-refractivity contribution in [2.45, 2.75) is 12.9 Å². The summed E-state index contributed by atoms with van der Waals surface area (Å²) in [5, 5.41) is 0. The average molecular weight is 509 g/mol. The van der Waals surface area contributed by atoms with Crippen LogP contribution in [0, 0.1) is 0 Å². The first-order valence-electron chi connectivity index (χ1n) is 7.38. The summed E-state index contributed by atoms with van der Waals surface area (Å²) in [6.45, 7) is 0.0538. The van der Waals surface area contributed by atoms with E-state index in [1.165, 1.54) is 18.1 Å². The van der Waals surface area contributed by atoms with Crippen LogP contribution in [-0.2, 0) is 11.3 Å². The van der Waals surface area contributed by atoms with Gasteiger partial charge in [-0.05, 0) is 67.8 Å². The molecule has 0 N–H and O–H groups in total. The number of Topliss-reactive ketones (excluding diaryl/α,β-unsaturated/α-hetero) is 1. The van der Waals surface area contributed by atoms with Crippen LogP contribution in [0.15, 0.2) is 39.3 Å². The first kappa shape index (κ1) is 19.7. The Hall–Kier alpha value is -2.07. The van der Waals surface area contributed by atoms with Crippen molar-refractivity contribution in [2.24, 2.45) is 0 Å². The van der Waals surface area contributed by atoms with E-state index in [4.69, 9.17) is 4.74 Å². The van der Waals surface area contributed by atoms with Gasteiger partial charge in [0, 0.05) is 0 Å². The summed E-state index contributed by atoms with van der Waals surface area (Å²) in [7, 11) is 1.50. The molecule has 0 aromatic heterocycles. The van der Waals surface area contributed by atoms with E-state index in [1.54, 1.807) is 12.1 Å². The molecule has 1 amide bonds. The summed E-state index contributed by atoms with van der Waals surface area (Å²) in [4.78, 5) is 25.7. The van der Waals surface area contributed by atoms with Gasteiger partial charge in [0.2, 0.25) is 0 Å². The van der Waals surface area contributed by atoms with Crippen LogP contribution in [0.2, 0.25) is 0 Å². The van der Waals surface area contributed by atoms with Gasteiger partial charge in [0.25, 0.3) is 11.7 Å². The number of ether oxygens (including phenoxy) is 2. The first-order chi connectivity index (χ1) is 12.6. The summed E-state index contributed by atoms with van der Waals surface area (Å²) >= 11 is 6.71. The van der Waals surface area contributed by atoms with Gasteiger partial charge in [-0.2, -0.15) is 0 Å². The van der Waals surface area contributed by atoms with Crippen LogP contribution in [0.1, 0.15) is 15.9 Å². The van der Waals surface area contributed by atoms with Crippen molar-refractivity contribution in [1.82, 2.24) is 0 Å². The number of methoxy groups -OCH3 is 1. The fourth-order valence-corrected chi connectivity index (χ4v) is 4.32. The van der Waals surface area contributed by atoms with Gasteiger partial charge in [-0.25, -0.2) is 0 Å². The quantitative estimate of drug-likeness (QED) is 0.554. The van der Waals surface area contributed by atoms with Gasteiger partial charge < -0.3 is 14.4 Å². The van der Waals surface area contributed by atoms with Crippen molar-refractivity contribution < 1.29 is 32.2 Å². The number of nitrogens with zero attached hydrogens (tertiary/aromatic N) is 1. The topological polar surface area (TPSA) is 55.8 Å². The van der Waals surface area contributed by atoms with Crippen molar-refractivity contribution in [1.29, 1.82) is 0 Å². The number of hydrogen-bond donors (Lipinski definition) is 0. The molecule has 27 heavy (non-hydrogen) atoms. The number of anilines is 1. The molecule has 3 rings (SSSR count). The second-order valence-corrected chi connectivity index (χ2v) is 7.25. The molecule has 0 saturated heterocycles. The van der Waals surface area contributed by atoms with Crippen molar-refractivity contribution in [3.05, 3.63) is 50.4 Å². The van der Waals surface area contributed by atoms with E-state index in [1.807, 2.05) is 0 Å². The minimum atomic E-state index is -4.89. The van der Waals surface area contributed by atoms with Gasteiger partial charge >= 0.3 is 6.36 Å². The molecule has 0 saturated carbocycles. The SMILES string of the molecule is COc1c(Br)cc(CN2C(=O)C(=O)c3cc(OC(F)(F)F)ccc32)cc1Br. The number of hydrogen-bond acceptors (Lipinski definition) is 4. The van der Waals surface area contributed by atoms with Crippen LogP contribution in [0.25, 0.3) is 0 Å². The largest absolute Gasteiger partial charge is 0.573 e. The van der Waals surface area contributed by atoms with E-state index < -0.39 is 23.8 Å². The average Bonchev–Trinajstić information content (AvgIpc) is 2.78. The Morgan fingerprint density at radius 2 is 1.70 bits per heavy atom. The Kier molecular flexibility index (Phi) is 5.22. The zero-order chi connectivity index (χ0) is 19.9. The molecule has 2 aromatic rings. The van der Waals surface area contributed by atoms with Crippen molar-refractivity contribution in [3.63, 3.8) is 0 Å². The minimum absolute atomic E-state index is 0.0538. The molecule has 0 unspecified atom stereocenters. The lowest BCUT2D eigenvalue weighted by atomic mass is 10.1. The first-order valence-corrected chi connectivity index (χ1v) is 8.97. The highest BCUT2D eigenvalue weighted by Gasteiger charge is 2.38. The summed E-state index contributed by atoms with van der Waals surface area (Å²) in [5.41, 5.74) is 0.773. The van der Waals surface area contributed by atoms with Gasteiger partial charge in [-0.15, -0.1) is 13.2 Å². The number of carbonyl (C=O) groups is 2. The third kappa shape index (κ3) is 3.96. The monoisotopic (exact) mass is 507 g/mol. The molecule has 0 fully saturated rings. The predicted octanol–water partition coefficient (Wildman–Crippen LogP) is 4.85. The van der Waals surface area contributed by atoms with E-state index in [2.05, 4.69) is 36.6 Å². The molecule has 0 atom stereocenters. The lowest BCUT2D eigenvalue weighted by Crippen LogP contribution is -2.29. The van der Waals surface area contributed by atoms with Gasteiger partial charge in [0.05, 0.1) is 33.9 Å². The Morgan fingerprint density at radius 1 is 1.07 bits per heavy atom. The molecule has 0 spiro atoms. The summed E-state index contributed by atoms with van der Waals surface area (Å²) < 4.78 is 47.4. The molecule has 0 aliphatic carbocycles. The van der Waals surface area contributed by atoms with Crippen LogP contribution in [-0.4, -0.2) is 25.2 Å². The highest BCUT2D eigenvalue weighted by atomic mass is 79.9. The number of amides is 1. The van der Waals surface area contributed by atoms with Gasteiger partial charge in [0.1, 0.15) is 11.5 Å². The standard InChI is InChI=1S/C17H10Br2F3NO4/c1-26-15-11(18)4-8(5-12(15)19)7-23-13-3-2-9(27-17(20,21)22)6-10(13)14(24)16(23)25/h2-6H,7H2,1H3. The summed E-state index contributed by atoms with van der Waals surface area (Å²) in [6.07, 6.45) is -4.89. The molecule has 1 aliphatic rings. The van der Waals surface area contributed by atoms with Gasteiger partial charge in [0.15, 0.2) is 0 Å². The Labute approximate surface area is 168 Å². The fourth-order valence-electron chi connectivity index (χ4n) is 2.71. The highest BCUT2D eigenvalue weighted by molar-refractivity contribution is 9.11. The Morgan fingerprint density at radius 3 is 2.26 bits per heavy atom. The van der Waals surface area contributed by atoms with Crippen LogP contribution in [0.5, 0.6) is 11.5 Å². The second kappa shape index (κ2) is 7.16. The smallest absolute Gasteiger partial charge is 0.494 e. The van der Waals surface area contributed by atoms with Crippen molar-refractivity contribution >= 4 is 49.2 Å². The number of halogens is 5. The maximum Gasteiger partial charge on any atom is 0.573 e. The lowest BCUT2D eigenvalue weighted by molar-refractivity contribution is -0.274. The number of ketones is 1. The second-order valence-electron chi connectivity index (χ2n) is 5.54. The molecular formula is C17H10Br2F3NO4. The van der Waals surface area contributed by atoms with Crippen LogP contribution < -0.4 is 14.4 Å². The third-order valence-electron chi connectivity index (χ3n) is 3.78. The maximum absolute atomic E-state index is 12.4. The van der Waals surface area contributed by atoms with E-state index >= 15 is 0 Å². The number of benzene rings is 2. The number of alkyl halides is 3. The minimum Gasteiger partial charge on any atom is -0.494 e. The Bertz CT molecular complexity index is 923. The van der Waals surface area contributed by atoms with Crippen molar-refractivity contribution in [2.75, 3.05) is 12.0 Å². The highest BCUT2D eigenvalue weighted by Crippen LogP contribution is 2.38. The molecular weight excluding hydrogens is 499 g/mol. The number of rotatable bonds is 4. The van der Waals surface area contributed by atoms with Crippen LogP contribution >= 0.6 is 31.9 Å². The zero-order valence-electron chi connectivity index (χ0n) is 13.6. The molecule has 0 radical (unpaired) electrons. The maximum atomic E-state index is 12.4. The predicted molar refractivity (Wildman–Crippen MR) is 97.0 cm³/mol. The number of carbonyl (C=O) groups excluding carboxylic acids is 2. The van der Waals surface area contributed by atoms with Crippen LogP contribution in [0.4, 0.5) is 18.9 Å². The van der Waals surface area contributed by atoms with Crippen molar-refractivity contribution in [3.8, 4) is 11.5 Å². The number of fused-ring (bicyclic) bond motifs is 1. The molecule has 142 valence electrons. The normalized spacial score (nSPS) is 13.8. The third-order valence-corrected chi connectivity index (χ3v) is 4.96. The van der Waals surface area contributed by atoms with Crippen LogP contribution in [0.3, 0.4) is 0 Å². The van der Waals surface area contributed by atoms with Gasteiger partial charge in [-0.3, -0.25) is 9.59 Å². The Balaban J connectivity index is 1.93. The zero-order valence-corrected chi connectivity index (χ0v) is 16.7. The fraction of sp³-hybridized carbons (Fsp3) is 0.176.